The second-order valence-corrected chi connectivity index (χ2v) is 4.80. The smallest absolute Gasteiger partial charge is 0.358 e. The Labute approximate surface area is 121 Å². The van der Waals surface area contributed by atoms with E-state index >= 15 is 0 Å². The maximum atomic E-state index is 10.7. The summed E-state index contributed by atoms with van der Waals surface area (Å²) in [5, 5.41) is 12.3. The first kappa shape index (κ1) is 13.5. The molecule has 8 nitrogen and oxygen atoms in total. The van der Waals surface area contributed by atoms with E-state index in [-0.39, 0.29) is 5.69 Å². The lowest BCUT2D eigenvalue weighted by Gasteiger charge is -2.33. The zero-order chi connectivity index (χ0) is 14.7. The molecule has 0 spiro atoms. The van der Waals surface area contributed by atoms with Crippen molar-refractivity contribution in [2.45, 2.75) is 6.54 Å². The van der Waals surface area contributed by atoms with Gasteiger partial charge in [0.25, 0.3) is 0 Å². The molecule has 3 heterocycles. The number of carboxylic acid groups (broad SMARTS) is 1. The van der Waals surface area contributed by atoms with Gasteiger partial charge < -0.3 is 14.5 Å². The van der Waals surface area contributed by atoms with Gasteiger partial charge in [-0.25, -0.2) is 14.8 Å². The van der Waals surface area contributed by atoms with Crippen LogP contribution in [0, 0.1) is 0 Å². The summed E-state index contributed by atoms with van der Waals surface area (Å²) >= 11 is 0. The van der Waals surface area contributed by atoms with Gasteiger partial charge in [-0.3, -0.25) is 4.90 Å². The predicted octanol–water partition coefficient (Wildman–Crippen LogP) is 0.485. The van der Waals surface area contributed by atoms with Gasteiger partial charge in [0, 0.05) is 44.6 Å². The summed E-state index contributed by atoms with van der Waals surface area (Å²) in [6, 6.07) is 3.26. The van der Waals surface area contributed by atoms with Crippen molar-refractivity contribution < 1.29 is 14.4 Å². The fourth-order valence-corrected chi connectivity index (χ4v) is 2.27. The molecule has 0 saturated carbocycles. The second-order valence-electron chi connectivity index (χ2n) is 4.80. The van der Waals surface area contributed by atoms with Crippen molar-refractivity contribution in [3.05, 3.63) is 36.0 Å². The zero-order valence-electron chi connectivity index (χ0n) is 11.3. The minimum atomic E-state index is -1.07. The van der Waals surface area contributed by atoms with Crippen molar-refractivity contribution in [1.29, 1.82) is 0 Å². The lowest BCUT2D eigenvalue weighted by Crippen LogP contribution is -2.46. The molecular formula is C13H15N5O3. The fourth-order valence-electron chi connectivity index (χ4n) is 2.27. The van der Waals surface area contributed by atoms with Crippen LogP contribution in [0.1, 0.15) is 16.2 Å². The summed E-state index contributed by atoms with van der Waals surface area (Å²) in [4.78, 5) is 23.5. The van der Waals surface area contributed by atoms with Gasteiger partial charge in [-0.2, -0.15) is 0 Å². The largest absolute Gasteiger partial charge is 0.476 e. The van der Waals surface area contributed by atoms with Crippen LogP contribution in [-0.4, -0.2) is 57.3 Å². The van der Waals surface area contributed by atoms with Crippen LogP contribution in [0.5, 0.6) is 0 Å². The molecule has 1 N–H and O–H groups in total. The number of anilines is 1. The Hall–Kier alpha value is -2.48. The minimum absolute atomic E-state index is 0.0543. The highest BCUT2D eigenvalue weighted by molar-refractivity contribution is 5.85. The third-order valence-electron chi connectivity index (χ3n) is 3.36. The monoisotopic (exact) mass is 289 g/mol. The summed E-state index contributed by atoms with van der Waals surface area (Å²) in [6.45, 7) is 3.88. The molecule has 1 fully saturated rings. The summed E-state index contributed by atoms with van der Waals surface area (Å²) < 4.78 is 5.03. The quantitative estimate of drug-likeness (QED) is 0.868. The molecule has 2 aromatic rings. The number of piperazine rings is 1. The van der Waals surface area contributed by atoms with Crippen molar-refractivity contribution in [2.24, 2.45) is 0 Å². The van der Waals surface area contributed by atoms with E-state index in [2.05, 4.69) is 24.9 Å². The number of aromatic carboxylic acids is 1. The van der Waals surface area contributed by atoms with E-state index in [9.17, 15) is 4.79 Å². The fraction of sp³-hybridized carbons (Fsp3) is 0.385. The van der Waals surface area contributed by atoms with Crippen LogP contribution in [0.3, 0.4) is 0 Å². The first-order valence-corrected chi connectivity index (χ1v) is 6.65. The molecule has 0 unspecified atom stereocenters. The number of hydrogen-bond donors (Lipinski definition) is 1. The Morgan fingerprint density at radius 1 is 1.24 bits per heavy atom. The molecule has 0 bridgehead atoms. The summed E-state index contributed by atoms with van der Waals surface area (Å²) in [5.41, 5.74) is -0.0543. The number of aromatic nitrogens is 3. The molecule has 0 atom stereocenters. The van der Waals surface area contributed by atoms with Crippen molar-refractivity contribution in [3.8, 4) is 0 Å². The van der Waals surface area contributed by atoms with Crippen LogP contribution >= 0.6 is 0 Å². The highest BCUT2D eigenvalue weighted by atomic mass is 16.5. The highest BCUT2D eigenvalue weighted by Gasteiger charge is 2.20. The molecule has 110 valence electrons. The van der Waals surface area contributed by atoms with Crippen LogP contribution < -0.4 is 4.90 Å². The number of nitrogens with zero attached hydrogens (tertiary/aromatic N) is 5. The predicted molar refractivity (Wildman–Crippen MR) is 73.0 cm³/mol. The van der Waals surface area contributed by atoms with Crippen molar-refractivity contribution in [3.63, 3.8) is 0 Å². The zero-order valence-corrected chi connectivity index (χ0v) is 11.3. The van der Waals surface area contributed by atoms with Gasteiger partial charge in [0.2, 0.25) is 5.95 Å². The molecule has 1 saturated heterocycles. The van der Waals surface area contributed by atoms with Gasteiger partial charge in [0.15, 0.2) is 11.5 Å². The van der Waals surface area contributed by atoms with Crippen LogP contribution in [0.25, 0.3) is 0 Å². The molecule has 0 amide bonds. The molecular weight excluding hydrogens is 274 g/mol. The van der Waals surface area contributed by atoms with Gasteiger partial charge in [-0.1, -0.05) is 5.16 Å². The molecule has 8 heteroatoms. The molecule has 2 aromatic heterocycles. The van der Waals surface area contributed by atoms with E-state index in [1.54, 1.807) is 18.5 Å². The second kappa shape index (κ2) is 5.88. The number of carbonyl (C=O) groups is 1. The van der Waals surface area contributed by atoms with Crippen molar-refractivity contribution in [1.82, 2.24) is 20.0 Å². The number of hydrogen-bond acceptors (Lipinski definition) is 7. The first-order valence-electron chi connectivity index (χ1n) is 6.65. The summed E-state index contributed by atoms with van der Waals surface area (Å²) in [5.74, 6) is 0.234. The SMILES string of the molecule is O=C(O)c1cc(CN2CCN(c3ncccn3)CC2)on1. The number of carboxylic acids is 1. The van der Waals surface area contributed by atoms with E-state index in [1.165, 1.54) is 6.07 Å². The van der Waals surface area contributed by atoms with E-state index in [0.717, 1.165) is 32.1 Å². The highest BCUT2D eigenvalue weighted by Crippen LogP contribution is 2.13. The normalized spacial score (nSPS) is 16.1. The van der Waals surface area contributed by atoms with E-state index < -0.39 is 5.97 Å². The van der Waals surface area contributed by atoms with Gasteiger partial charge in [-0.05, 0) is 6.07 Å². The average Bonchev–Trinajstić information content (AvgIpc) is 2.98. The summed E-state index contributed by atoms with van der Waals surface area (Å²) in [7, 11) is 0. The third kappa shape index (κ3) is 3.16. The third-order valence-corrected chi connectivity index (χ3v) is 3.36. The van der Waals surface area contributed by atoms with Crippen LogP contribution in [0.2, 0.25) is 0 Å². The van der Waals surface area contributed by atoms with E-state index in [1.807, 2.05) is 0 Å². The molecule has 0 aromatic carbocycles. The van der Waals surface area contributed by atoms with Crippen molar-refractivity contribution >= 4 is 11.9 Å². The maximum Gasteiger partial charge on any atom is 0.358 e. The molecule has 0 radical (unpaired) electrons. The lowest BCUT2D eigenvalue weighted by atomic mass is 10.3. The Bertz CT molecular complexity index is 607. The molecule has 0 aliphatic carbocycles. The maximum absolute atomic E-state index is 10.7. The van der Waals surface area contributed by atoms with E-state index in [0.29, 0.717) is 12.3 Å². The van der Waals surface area contributed by atoms with Crippen LogP contribution in [0.15, 0.2) is 29.0 Å². The van der Waals surface area contributed by atoms with Crippen molar-refractivity contribution in [2.75, 3.05) is 31.1 Å². The standard InChI is InChI=1S/C13H15N5O3/c19-12(20)11-8-10(21-16-11)9-17-4-6-18(7-5-17)13-14-2-1-3-15-13/h1-3,8H,4-7,9H2,(H,19,20). The van der Waals surface area contributed by atoms with Gasteiger partial charge in [0.1, 0.15) is 0 Å². The van der Waals surface area contributed by atoms with Crippen LogP contribution in [-0.2, 0) is 6.54 Å². The van der Waals surface area contributed by atoms with Gasteiger partial charge in [-0.15, -0.1) is 0 Å². The topological polar surface area (TPSA) is 95.6 Å². The molecule has 1 aliphatic rings. The summed E-state index contributed by atoms with van der Waals surface area (Å²) in [6.07, 6.45) is 3.47. The number of rotatable bonds is 4. The lowest BCUT2D eigenvalue weighted by molar-refractivity contribution is 0.0685. The Kier molecular flexibility index (Phi) is 3.78. The average molecular weight is 289 g/mol. The van der Waals surface area contributed by atoms with Gasteiger partial charge >= 0.3 is 5.97 Å². The Morgan fingerprint density at radius 2 is 1.95 bits per heavy atom. The molecule has 21 heavy (non-hydrogen) atoms. The van der Waals surface area contributed by atoms with Crippen LogP contribution in [0.4, 0.5) is 5.95 Å². The molecule has 1 aliphatic heterocycles. The Balaban J connectivity index is 1.55. The Morgan fingerprint density at radius 3 is 2.57 bits per heavy atom. The first-order chi connectivity index (χ1) is 10.2. The van der Waals surface area contributed by atoms with Gasteiger partial charge in [0.05, 0.1) is 6.54 Å². The molecule has 3 rings (SSSR count). The van der Waals surface area contributed by atoms with E-state index in [4.69, 9.17) is 9.63 Å². The minimum Gasteiger partial charge on any atom is -0.476 e.